The van der Waals surface area contributed by atoms with E-state index < -0.39 is 0 Å². The molecule has 0 radical (unpaired) electrons. The molecule has 2 heterocycles. The molecule has 0 spiro atoms. The number of hydrogen-bond acceptors (Lipinski definition) is 4. The van der Waals surface area contributed by atoms with E-state index in [0.29, 0.717) is 24.4 Å². The second kappa shape index (κ2) is 9.57. The van der Waals surface area contributed by atoms with Crippen LogP contribution in [0.25, 0.3) is 11.0 Å². The lowest BCUT2D eigenvalue weighted by Gasteiger charge is -2.19. The predicted octanol–water partition coefficient (Wildman–Crippen LogP) is 3.73. The molecule has 0 unspecified atom stereocenters. The van der Waals surface area contributed by atoms with E-state index in [1.807, 2.05) is 77.7 Å². The summed E-state index contributed by atoms with van der Waals surface area (Å²) in [7, 11) is 1.81. The molecule has 0 saturated carbocycles. The Bertz CT molecular complexity index is 1170. The van der Waals surface area contributed by atoms with Gasteiger partial charge in [0.2, 0.25) is 5.91 Å². The van der Waals surface area contributed by atoms with Gasteiger partial charge in [-0.25, -0.2) is 4.98 Å². The Hall–Kier alpha value is -3.45. The summed E-state index contributed by atoms with van der Waals surface area (Å²) in [5, 5.41) is 4.82. The predicted molar refractivity (Wildman–Crippen MR) is 123 cm³/mol. The van der Waals surface area contributed by atoms with Crippen LogP contribution in [0.2, 0.25) is 0 Å². The molecule has 0 aliphatic rings. The second-order valence-electron chi connectivity index (χ2n) is 7.32. The first-order valence-electron chi connectivity index (χ1n) is 10.2. The van der Waals surface area contributed by atoms with Gasteiger partial charge < -0.3 is 14.8 Å². The van der Waals surface area contributed by atoms with Gasteiger partial charge in [0.1, 0.15) is 12.4 Å². The molecule has 0 fully saturated rings. The van der Waals surface area contributed by atoms with Crippen LogP contribution in [-0.2, 0) is 24.3 Å². The summed E-state index contributed by atoms with van der Waals surface area (Å²) < 4.78 is 1.95. The number of likely N-dealkylation sites (N-methyl/N-ethyl adjacent to an activating group) is 1. The van der Waals surface area contributed by atoms with Gasteiger partial charge in [0.15, 0.2) is 0 Å². The van der Waals surface area contributed by atoms with Gasteiger partial charge in [-0.1, -0.05) is 48.5 Å². The first-order chi connectivity index (χ1) is 15.1. The lowest BCUT2D eigenvalue weighted by molar-refractivity contribution is -0.131. The molecule has 7 heteroatoms. The molecule has 0 atom stereocenters. The first kappa shape index (κ1) is 20.8. The Labute approximate surface area is 185 Å². The molecule has 2 amide bonds. The minimum Gasteiger partial charge on any atom is -0.351 e. The van der Waals surface area contributed by atoms with E-state index in [1.165, 1.54) is 11.3 Å². The van der Waals surface area contributed by atoms with Crippen molar-refractivity contribution in [3.05, 3.63) is 88.4 Å². The minimum atomic E-state index is -0.0867. The molecule has 2 aromatic heterocycles. The highest BCUT2D eigenvalue weighted by Crippen LogP contribution is 2.17. The summed E-state index contributed by atoms with van der Waals surface area (Å²) >= 11 is 1.41. The fraction of sp³-hybridized carbons (Fsp3) is 0.208. The number of amides is 2. The second-order valence-corrected chi connectivity index (χ2v) is 8.27. The van der Waals surface area contributed by atoms with Gasteiger partial charge in [-0.15, -0.1) is 11.3 Å². The number of nitrogens with zero attached hydrogens (tertiary/aromatic N) is 3. The van der Waals surface area contributed by atoms with Crippen LogP contribution < -0.4 is 5.32 Å². The average molecular weight is 433 g/mol. The number of para-hydroxylation sites is 2. The number of carbonyl (C=O) groups is 2. The third-order valence-corrected chi connectivity index (χ3v) is 5.96. The summed E-state index contributed by atoms with van der Waals surface area (Å²) in [5.41, 5.74) is 2.86. The Morgan fingerprint density at radius 2 is 1.81 bits per heavy atom. The monoisotopic (exact) mass is 432 g/mol. The summed E-state index contributed by atoms with van der Waals surface area (Å²) in [6, 6.07) is 21.4. The zero-order chi connectivity index (χ0) is 21.6. The molecule has 0 saturated heterocycles. The number of hydrogen-bond donors (Lipinski definition) is 1. The fourth-order valence-electron chi connectivity index (χ4n) is 3.48. The summed E-state index contributed by atoms with van der Waals surface area (Å²) in [5.74, 6) is 0.710. The van der Waals surface area contributed by atoms with Crippen molar-refractivity contribution in [3.63, 3.8) is 0 Å². The van der Waals surface area contributed by atoms with Crippen molar-refractivity contribution < 1.29 is 9.59 Å². The van der Waals surface area contributed by atoms with Crippen molar-refractivity contribution in [3.8, 4) is 0 Å². The van der Waals surface area contributed by atoms with Gasteiger partial charge in [-0.3, -0.25) is 9.59 Å². The van der Waals surface area contributed by atoms with Crippen molar-refractivity contribution in [2.24, 2.45) is 0 Å². The lowest BCUT2D eigenvalue weighted by Crippen LogP contribution is -2.31. The van der Waals surface area contributed by atoms with E-state index in [2.05, 4.69) is 5.32 Å². The van der Waals surface area contributed by atoms with E-state index >= 15 is 0 Å². The zero-order valence-corrected chi connectivity index (χ0v) is 18.1. The number of benzene rings is 2. The number of thiophene rings is 1. The number of rotatable bonds is 8. The van der Waals surface area contributed by atoms with Crippen molar-refractivity contribution in [2.45, 2.75) is 19.5 Å². The van der Waals surface area contributed by atoms with Gasteiger partial charge >= 0.3 is 0 Å². The van der Waals surface area contributed by atoms with E-state index in [0.717, 1.165) is 22.4 Å². The highest BCUT2D eigenvalue weighted by atomic mass is 32.1. The fourth-order valence-corrected chi connectivity index (χ4v) is 4.12. The third-order valence-electron chi connectivity index (χ3n) is 5.09. The topological polar surface area (TPSA) is 67.2 Å². The average Bonchev–Trinajstić information content (AvgIpc) is 3.43. The highest BCUT2D eigenvalue weighted by molar-refractivity contribution is 7.12. The molecule has 158 valence electrons. The van der Waals surface area contributed by atoms with Crippen LogP contribution in [0.15, 0.2) is 72.1 Å². The standard InChI is InChI=1S/C24H24N4O2S/c1-27(16-18-8-3-2-4-9-18)23(29)17-28-20-11-6-5-10-19(20)26-22(28)13-14-25-24(30)21-12-7-15-31-21/h2-12,15H,13-14,16-17H2,1H3,(H,25,30). The van der Waals surface area contributed by atoms with Crippen molar-refractivity contribution in [2.75, 3.05) is 13.6 Å². The number of imidazole rings is 1. The molecule has 4 aromatic rings. The minimum absolute atomic E-state index is 0.0101. The quantitative estimate of drug-likeness (QED) is 0.461. The van der Waals surface area contributed by atoms with Gasteiger partial charge in [-0.2, -0.15) is 0 Å². The number of nitrogens with one attached hydrogen (secondary N) is 1. The molecular formula is C24H24N4O2S. The molecule has 0 aliphatic carbocycles. The molecule has 0 bridgehead atoms. The van der Waals surface area contributed by atoms with Gasteiger partial charge in [0, 0.05) is 26.6 Å². The van der Waals surface area contributed by atoms with Gasteiger partial charge in [0.25, 0.3) is 5.91 Å². The first-order valence-corrected chi connectivity index (χ1v) is 11.0. The van der Waals surface area contributed by atoms with Crippen molar-refractivity contribution in [1.82, 2.24) is 19.8 Å². The molecule has 31 heavy (non-hydrogen) atoms. The van der Waals surface area contributed by atoms with Crippen LogP contribution in [0.4, 0.5) is 0 Å². The Balaban J connectivity index is 1.47. The summed E-state index contributed by atoms with van der Waals surface area (Å²) in [4.78, 5) is 32.3. The maximum Gasteiger partial charge on any atom is 0.261 e. The van der Waals surface area contributed by atoms with E-state index in [1.54, 1.807) is 11.0 Å². The van der Waals surface area contributed by atoms with Crippen molar-refractivity contribution >= 4 is 34.2 Å². The van der Waals surface area contributed by atoms with Crippen LogP contribution in [0.3, 0.4) is 0 Å². The molecule has 1 N–H and O–H groups in total. The number of carbonyl (C=O) groups excluding carboxylic acids is 2. The summed E-state index contributed by atoms with van der Waals surface area (Å²) in [6.45, 7) is 1.21. The normalized spacial score (nSPS) is 10.9. The molecule has 4 rings (SSSR count). The maximum absolute atomic E-state index is 13.0. The Morgan fingerprint density at radius 3 is 2.58 bits per heavy atom. The van der Waals surface area contributed by atoms with Crippen LogP contribution in [-0.4, -0.2) is 39.9 Å². The third kappa shape index (κ3) is 5.00. The molecule has 2 aromatic carbocycles. The van der Waals surface area contributed by atoms with E-state index in [4.69, 9.17) is 4.98 Å². The van der Waals surface area contributed by atoms with Crippen molar-refractivity contribution in [1.29, 1.82) is 0 Å². The van der Waals surface area contributed by atoms with E-state index in [9.17, 15) is 9.59 Å². The van der Waals surface area contributed by atoms with Crippen LogP contribution in [0.1, 0.15) is 21.1 Å². The van der Waals surface area contributed by atoms with Crippen LogP contribution in [0.5, 0.6) is 0 Å². The largest absolute Gasteiger partial charge is 0.351 e. The van der Waals surface area contributed by atoms with Crippen LogP contribution >= 0.6 is 11.3 Å². The van der Waals surface area contributed by atoms with E-state index in [-0.39, 0.29) is 18.4 Å². The van der Waals surface area contributed by atoms with Gasteiger partial charge in [0.05, 0.1) is 15.9 Å². The lowest BCUT2D eigenvalue weighted by atomic mass is 10.2. The number of fused-ring (bicyclic) bond motifs is 1. The SMILES string of the molecule is CN(Cc1ccccc1)C(=O)Cn1c(CCNC(=O)c2cccs2)nc2ccccc21. The zero-order valence-electron chi connectivity index (χ0n) is 17.3. The van der Waals surface area contributed by atoms with Gasteiger partial charge in [-0.05, 0) is 29.1 Å². The number of aromatic nitrogens is 2. The smallest absolute Gasteiger partial charge is 0.261 e. The summed E-state index contributed by atoms with van der Waals surface area (Å²) in [6.07, 6.45) is 0.543. The Morgan fingerprint density at radius 1 is 1.03 bits per heavy atom. The highest BCUT2D eigenvalue weighted by Gasteiger charge is 2.17. The molecular weight excluding hydrogens is 408 g/mol. The van der Waals surface area contributed by atoms with Crippen LogP contribution in [0, 0.1) is 0 Å². The maximum atomic E-state index is 13.0. The Kier molecular flexibility index (Phi) is 6.43. The molecule has 6 nitrogen and oxygen atoms in total. The molecule has 0 aliphatic heterocycles.